The van der Waals surface area contributed by atoms with Crippen molar-refractivity contribution in [3.8, 4) is 0 Å². The Bertz CT molecular complexity index is 673. The molecule has 0 aromatic heterocycles. The van der Waals surface area contributed by atoms with E-state index < -0.39 is 0 Å². The lowest BCUT2D eigenvalue weighted by atomic mass is 10.0. The summed E-state index contributed by atoms with van der Waals surface area (Å²) in [5, 5.41) is 6.80. The summed E-state index contributed by atoms with van der Waals surface area (Å²) in [4.78, 5) is 20.5. The van der Waals surface area contributed by atoms with Crippen LogP contribution in [0.1, 0.15) is 29.8 Å². The topological polar surface area (TPSA) is 69.2 Å². The first-order valence-electron chi connectivity index (χ1n) is 9.91. The van der Waals surface area contributed by atoms with Gasteiger partial charge >= 0.3 is 0 Å². The second kappa shape index (κ2) is 12.3. The van der Waals surface area contributed by atoms with E-state index in [-0.39, 0.29) is 35.4 Å². The highest BCUT2D eigenvalue weighted by atomic mass is 127. The largest absolute Gasteiger partial charge is 0.379 e. The number of nitrogens with one attached hydrogen (secondary N) is 2. The molecule has 2 rings (SSSR count). The van der Waals surface area contributed by atoms with Crippen molar-refractivity contribution in [1.29, 1.82) is 0 Å². The van der Waals surface area contributed by atoms with Gasteiger partial charge in [0.15, 0.2) is 5.96 Å². The maximum atomic E-state index is 12.1. The van der Waals surface area contributed by atoms with Gasteiger partial charge in [0, 0.05) is 58.4 Å². The number of carbonyl (C=O) groups is 1. The number of aliphatic imine (C=N–C) groups is 1. The molecule has 0 atom stereocenters. The zero-order chi connectivity index (χ0) is 20.6. The smallest absolute Gasteiger partial charge is 0.253 e. The third-order valence-corrected chi connectivity index (χ3v) is 5.07. The molecule has 7 nitrogen and oxygen atoms in total. The Kier molecular flexibility index (Phi) is 10.9. The number of nitrogens with zero attached hydrogens (tertiary/aromatic N) is 3. The van der Waals surface area contributed by atoms with Crippen molar-refractivity contribution in [3.63, 3.8) is 0 Å². The zero-order valence-corrected chi connectivity index (χ0v) is 20.7. The van der Waals surface area contributed by atoms with Crippen LogP contribution in [0.4, 0.5) is 0 Å². The lowest BCUT2D eigenvalue weighted by Gasteiger charge is -2.41. The van der Waals surface area contributed by atoms with Gasteiger partial charge in [-0.3, -0.25) is 14.7 Å². The summed E-state index contributed by atoms with van der Waals surface area (Å²) in [6, 6.07) is 7.80. The molecule has 164 valence electrons. The van der Waals surface area contributed by atoms with Crippen LogP contribution in [-0.2, 0) is 11.2 Å². The van der Waals surface area contributed by atoms with Crippen LogP contribution in [0.5, 0.6) is 0 Å². The van der Waals surface area contributed by atoms with Gasteiger partial charge in [0.1, 0.15) is 0 Å². The molecule has 0 bridgehead atoms. The third-order valence-electron chi connectivity index (χ3n) is 5.07. The number of guanidine groups is 1. The van der Waals surface area contributed by atoms with Crippen molar-refractivity contribution < 1.29 is 9.53 Å². The van der Waals surface area contributed by atoms with E-state index in [0.29, 0.717) is 0 Å². The molecule has 0 saturated carbocycles. The van der Waals surface area contributed by atoms with Gasteiger partial charge in [-0.1, -0.05) is 12.1 Å². The van der Waals surface area contributed by atoms with E-state index in [9.17, 15) is 4.79 Å². The Morgan fingerprint density at radius 2 is 1.93 bits per heavy atom. The van der Waals surface area contributed by atoms with Crippen LogP contribution in [0.15, 0.2) is 29.3 Å². The third kappa shape index (κ3) is 8.10. The first kappa shape index (κ1) is 25.6. The highest BCUT2D eigenvalue weighted by Crippen LogP contribution is 2.15. The summed E-state index contributed by atoms with van der Waals surface area (Å²) in [6.07, 6.45) is 0.822. The predicted octanol–water partition coefficient (Wildman–Crippen LogP) is 1.82. The van der Waals surface area contributed by atoms with Crippen molar-refractivity contribution in [1.82, 2.24) is 20.4 Å². The summed E-state index contributed by atoms with van der Waals surface area (Å²) in [7, 11) is 5.32. The van der Waals surface area contributed by atoms with E-state index in [2.05, 4.69) is 34.4 Å². The molecule has 1 aliphatic heterocycles. The van der Waals surface area contributed by atoms with Crippen molar-refractivity contribution in [2.24, 2.45) is 4.99 Å². The first-order valence-corrected chi connectivity index (χ1v) is 9.91. The Balaban J connectivity index is 0.00000420. The highest BCUT2D eigenvalue weighted by Gasteiger charge is 2.28. The summed E-state index contributed by atoms with van der Waals surface area (Å²) in [5.41, 5.74) is 1.88. The minimum Gasteiger partial charge on any atom is -0.379 e. The number of ether oxygens (including phenoxy) is 1. The highest BCUT2D eigenvalue weighted by molar-refractivity contribution is 14.0. The molecule has 1 aliphatic rings. The Morgan fingerprint density at radius 3 is 2.55 bits per heavy atom. The van der Waals surface area contributed by atoms with Gasteiger partial charge in [-0.15, -0.1) is 24.0 Å². The maximum Gasteiger partial charge on any atom is 0.253 e. The molecule has 1 fully saturated rings. The van der Waals surface area contributed by atoms with Crippen LogP contribution >= 0.6 is 24.0 Å². The molecule has 0 aliphatic carbocycles. The standard InChI is InChI=1S/C21H35N5O2.HI/c1-21(2,26-11-13-28-14-12-26)16-24-20(22-3)23-10-9-17-7-6-8-18(15-17)19(27)25(4)5;/h6-8,15H,9-14,16H2,1-5H3,(H2,22,23,24);1H. The number of amides is 1. The number of benzene rings is 1. The van der Waals surface area contributed by atoms with Crippen LogP contribution in [0.25, 0.3) is 0 Å². The first-order chi connectivity index (χ1) is 13.3. The number of rotatable bonds is 7. The van der Waals surface area contributed by atoms with E-state index in [1.54, 1.807) is 26.0 Å². The number of hydrogen-bond acceptors (Lipinski definition) is 4. The van der Waals surface area contributed by atoms with Crippen molar-refractivity contribution >= 4 is 35.8 Å². The molecule has 1 aromatic carbocycles. The number of morpholine rings is 1. The predicted molar refractivity (Wildman–Crippen MR) is 129 cm³/mol. The molecule has 29 heavy (non-hydrogen) atoms. The van der Waals surface area contributed by atoms with E-state index in [4.69, 9.17) is 4.74 Å². The second-order valence-electron chi connectivity index (χ2n) is 7.91. The summed E-state index contributed by atoms with van der Waals surface area (Å²) < 4.78 is 5.45. The van der Waals surface area contributed by atoms with E-state index in [0.717, 1.165) is 62.9 Å². The molecule has 1 saturated heterocycles. The summed E-state index contributed by atoms with van der Waals surface area (Å²) >= 11 is 0. The van der Waals surface area contributed by atoms with Gasteiger partial charge in [-0.25, -0.2) is 0 Å². The SMILES string of the molecule is CN=C(NCCc1cccc(C(=O)N(C)C)c1)NCC(C)(C)N1CCOCC1.I. The molecule has 1 heterocycles. The van der Waals surface area contributed by atoms with E-state index >= 15 is 0 Å². The van der Waals surface area contributed by atoms with E-state index in [1.165, 1.54) is 0 Å². The molecular formula is C21H36IN5O2. The van der Waals surface area contributed by atoms with Gasteiger partial charge < -0.3 is 20.3 Å². The van der Waals surface area contributed by atoms with Gasteiger partial charge in [0.05, 0.1) is 13.2 Å². The fourth-order valence-electron chi connectivity index (χ4n) is 3.24. The average molecular weight is 517 g/mol. The molecule has 2 N–H and O–H groups in total. The number of halogens is 1. The van der Waals surface area contributed by atoms with Crippen LogP contribution < -0.4 is 10.6 Å². The molecular weight excluding hydrogens is 481 g/mol. The molecule has 0 unspecified atom stereocenters. The van der Waals surface area contributed by atoms with Crippen molar-refractivity contribution in [2.75, 3.05) is 60.5 Å². The minimum atomic E-state index is 0. The minimum absolute atomic E-state index is 0. The summed E-state index contributed by atoms with van der Waals surface area (Å²) in [5.74, 6) is 0.819. The fraction of sp³-hybridized carbons (Fsp3) is 0.619. The van der Waals surface area contributed by atoms with Crippen molar-refractivity contribution in [2.45, 2.75) is 25.8 Å². The van der Waals surface area contributed by atoms with Crippen molar-refractivity contribution in [3.05, 3.63) is 35.4 Å². The number of carbonyl (C=O) groups excluding carboxylic acids is 1. The van der Waals surface area contributed by atoms with E-state index in [1.807, 2.05) is 24.3 Å². The van der Waals surface area contributed by atoms with Crippen LogP contribution in [-0.4, -0.2) is 87.7 Å². The van der Waals surface area contributed by atoms with Gasteiger partial charge in [-0.05, 0) is 38.0 Å². The van der Waals surface area contributed by atoms with Gasteiger partial charge in [0.2, 0.25) is 0 Å². The molecule has 0 spiro atoms. The maximum absolute atomic E-state index is 12.1. The zero-order valence-electron chi connectivity index (χ0n) is 18.3. The quantitative estimate of drug-likeness (QED) is 0.328. The average Bonchev–Trinajstić information content (AvgIpc) is 2.70. The van der Waals surface area contributed by atoms with Crippen LogP contribution in [0, 0.1) is 0 Å². The Morgan fingerprint density at radius 1 is 1.24 bits per heavy atom. The molecule has 8 heteroatoms. The molecule has 0 radical (unpaired) electrons. The molecule has 1 amide bonds. The van der Waals surface area contributed by atoms with Gasteiger partial charge in [-0.2, -0.15) is 0 Å². The van der Waals surface area contributed by atoms with Gasteiger partial charge in [0.25, 0.3) is 5.91 Å². The summed E-state index contributed by atoms with van der Waals surface area (Å²) in [6.45, 7) is 9.55. The Hall–Kier alpha value is -1.39. The monoisotopic (exact) mass is 517 g/mol. The number of hydrogen-bond donors (Lipinski definition) is 2. The van der Waals surface area contributed by atoms with Crippen LogP contribution in [0.3, 0.4) is 0 Å². The fourth-order valence-corrected chi connectivity index (χ4v) is 3.24. The van der Waals surface area contributed by atoms with Crippen LogP contribution in [0.2, 0.25) is 0 Å². The lowest BCUT2D eigenvalue weighted by molar-refractivity contribution is -0.00833. The lowest BCUT2D eigenvalue weighted by Crippen LogP contribution is -2.56. The second-order valence-corrected chi connectivity index (χ2v) is 7.91. The molecule has 1 aromatic rings. The normalized spacial score (nSPS) is 15.4. The Labute approximate surface area is 192 Å².